The van der Waals surface area contributed by atoms with Gasteiger partial charge in [0.15, 0.2) is 0 Å². The number of hydrogen-bond donors (Lipinski definition) is 0. The predicted octanol–water partition coefficient (Wildman–Crippen LogP) is 7.72. The van der Waals surface area contributed by atoms with E-state index in [1.807, 2.05) is 0 Å². The lowest BCUT2D eigenvalue weighted by Gasteiger charge is -2.42. The van der Waals surface area contributed by atoms with Crippen LogP contribution in [-0.2, 0) is 0 Å². The van der Waals surface area contributed by atoms with Crippen LogP contribution in [-0.4, -0.2) is 0 Å². The molecular formula is C24H40. The van der Waals surface area contributed by atoms with E-state index in [9.17, 15) is 0 Å². The molecule has 136 valence electrons. The predicted molar refractivity (Wildman–Crippen MR) is 109 cm³/mol. The second-order valence-corrected chi connectivity index (χ2v) is 11.3. The Kier molecular flexibility index (Phi) is 5.76. The molecule has 0 unspecified atom stereocenters. The molecule has 0 saturated heterocycles. The number of hydrogen-bond acceptors (Lipinski definition) is 0. The van der Waals surface area contributed by atoms with Gasteiger partial charge in [-0.2, -0.15) is 0 Å². The molecule has 0 nitrogen and oxygen atoms in total. The molecular weight excluding hydrogens is 288 g/mol. The van der Waals surface area contributed by atoms with Crippen molar-refractivity contribution in [2.24, 2.45) is 21.7 Å². The lowest BCUT2D eigenvalue weighted by Crippen LogP contribution is -2.32. The molecule has 0 amide bonds. The lowest BCUT2D eigenvalue weighted by atomic mass is 9.62. The third kappa shape index (κ3) is 5.11. The van der Waals surface area contributed by atoms with Crippen molar-refractivity contribution >= 4 is 0 Å². The molecule has 0 heterocycles. The molecule has 24 heavy (non-hydrogen) atoms. The van der Waals surface area contributed by atoms with E-state index in [2.05, 4.69) is 107 Å². The third-order valence-electron chi connectivity index (χ3n) is 4.46. The Bertz CT molecular complexity index is 439. The van der Waals surface area contributed by atoms with Gasteiger partial charge in [0.2, 0.25) is 0 Å². The van der Waals surface area contributed by atoms with E-state index >= 15 is 0 Å². The van der Waals surface area contributed by atoms with Gasteiger partial charge in [0, 0.05) is 11.8 Å². The third-order valence-corrected chi connectivity index (χ3v) is 4.46. The summed E-state index contributed by atoms with van der Waals surface area (Å²) in [6.07, 6.45) is 0. The van der Waals surface area contributed by atoms with E-state index in [1.165, 1.54) is 23.0 Å². The van der Waals surface area contributed by atoms with Gasteiger partial charge in [0.1, 0.15) is 0 Å². The average molecular weight is 329 g/mol. The number of benzene rings is 1. The van der Waals surface area contributed by atoms with Crippen LogP contribution in [0.3, 0.4) is 0 Å². The summed E-state index contributed by atoms with van der Waals surface area (Å²) in [5, 5.41) is 0. The van der Waals surface area contributed by atoms with Crippen LogP contribution in [0.1, 0.15) is 94.2 Å². The molecule has 0 aliphatic rings. The van der Waals surface area contributed by atoms with Crippen molar-refractivity contribution < 1.29 is 0 Å². The van der Waals surface area contributed by atoms with Crippen LogP contribution in [0.5, 0.6) is 0 Å². The van der Waals surface area contributed by atoms with Gasteiger partial charge in [-0.05, 0) is 32.8 Å². The summed E-state index contributed by atoms with van der Waals surface area (Å²) in [5.41, 5.74) is 3.42. The smallest absolute Gasteiger partial charge is 0.0157 e. The number of rotatable bonds is 2. The highest BCUT2D eigenvalue weighted by Gasteiger charge is 2.39. The molecule has 0 spiro atoms. The lowest BCUT2D eigenvalue weighted by molar-refractivity contribution is 0.296. The maximum atomic E-state index is 2.33. The van der Waals surface area contributed by atoms with E-state index in [0.29, 0.717) is 0 Å². The second kappa shape index (κ2) is 6.50. The van der Waals surface area contributed by atoms with Crippen LogP contribution < -0.4 is 0 Å². The summed E-state index contributed by atoms with van der Waals surface area (Å²) in [7, 11) is 0. The minimum absolute atomic E-state index is 0.167. The van der Waals surface area contributed by atoms with Crippen molar-refractivity contribution in [1.82, 2.24) is 0 Å². The van der Waals surface area contributed by atoms with Crippen LogP contribution in [0.2, 0.25) is 0 Å². The summed E-state index contributed by atoms with van der Waals surface area (Å²) in [6.45, 7) is 27.9. The van der Waals surface area contributed by atoms with E-state index in [-0.39, 0.29) is 21.7 Å². The Hall–Kier alpha value is -0.780. The van der Waals surface area contributed by atoms with Gasteiger partial charge < -0.3 is 0 Å². The molecule has 0 aliphatic carbocycles. The monoisotopic (exact) mass is 328 g/mol. The molecule has 0 aromatic heterocycles. The Labute approximate surface area is 152 Å². The fourth-order valence-electron chi connectivity index (χ4n) is 4.79. The zero-order valence-corrected chi connectivity index (χ0v) is 18.3. The fourth-order valence-corrected chi connectivity index (χ4v) is 4.79. The van der Waals surface area contributed by atoms with E-state index in [1.54, 1.807) is 0 Å². The van der Waals surface area contributed by atoms with Gasteiger partial charge in [-0.15, -0.1) is 0 Å². The molecule has 0 atom stereocenters. The van der Waals surface area contributed by atoms with Crippen molar-refractivity contribution in [3.8, 4) is 0 Å². The average Bonchev–Trinajstić information content (AvgIpc) is 2.23. The topological polar surface area (TPSA) is 0 Å². The van der Waals surface area contributed by atoms with Crippen LogP contribution in [0, 0.1) is 33.5 Å². The van der Waals surface area contributed by atoms with Crippen molar-refractivity contribution in [2.45, 2.75) is 83.1 Å². The molecule has 0 saturated carbocycles. The van der Waals surface area contributed by atoms with Crippen molar-refractivity contribution in [1.29, 1.82) is 0 Å². The van der Waals surface area contributed by atoms with Crippen LogP contribution in [0.25, 0.3) is 0 Å². The van der Waals surface area contributed by atoms with Crippen LogP contribution in [0.4, 0.5) is 0 Å². The maximum Gasteiger partial charge on any atom is 0.0157 e. The van der Waals surface area contributed by atoms with E-state index in [0.717, 1.165) is 0 Å². The zero-order chi connectivity index (χ0) is 19.1. The first-order chi connectivity index (χ1) is 10.5. The summed E-state index contributed by atoms with van der Waals surface area (Å²) < 4.78 is 0. The molecule has 1 aromatic carbocycles. The molecule has 0 fully saturated rings. The summed E-state index contributed by atoms with van der Waals surface area (Å²) in [5.74, 6) is 3.05. The van der Waals surface area contributed by atoms with Gasteiger partial charge in [-0.25, -0.2) is 0 Å². The Balaban J connectivity index is 3.34. The summed E-state index contributed by atoms with van der Waals surface area (Å²) in [4.78, 5) is 0. The van der Waals surface area contributed by atoms with Crippen LogP contribution >= 0.6 is 0 Å². The quantitative estimate of drug-likeness (QED) is 0.521. The highest BCUT2D eigenvalue weighted by atomic mass is 14.4. The zero-order valence-electron chi connectivity index (χ0n) is 18.3. The highest BCUT2D eigenvalue weighted by Crippen LogP contribution is 2.49. The second-order valence-electron chi connectivity index (χ2n) is 11.3. The Morgan fingerprint density at radius 3 is 0.708 bits per heavy atom. The van der Waals surface area contributed by atoms with Gasteiger partial charge in [0.05, 0.1) is 0 Å². The fraction of sp³-hybridized carbons (Fsp3) is 0.667. The highest BCUT2D eigenvalue weighted by molar-refractivity contribution is 5.44. The first-order valence-electron chi connectivity index (χ1n) is 9.32. The summed E-state index contributed by atoms with van der Waals surface area (Å²) in [6, 6.07) is 9.33. The van der Waals surface area contributed by atoms with E-state index in [4.69, 9.17) is 0 Å². The van der Waals surface area contributed by atoms with Gasteiger partial charge in [-0.3, -0.25) is 0 Å². The van der Waals surface area contributed by atoms with Crippen molar-refractivity contribution in [3.63, 3.8) is 0 Å². The summed E-state index contributed by atoms with van der Waals surface area (Å²) >= 11 is 0. The first kappa shape index (κ1) is 21.3. The molecule has 0 aliphatic heterocycles. The largest absolute Gasteiger partial charge is 0.0593 e. The van der Waals surface area contributed by atoms with Gasteiger partial charge >= 0.3 is 0 Å². The van der Waals surface area contributed by atoms with Gasteiger partial charge in [-0.1, -0.05) is 107 Å². The Morgan fingerprint density at radius 1 is 0.417 bits per heavy atom. The minimum atomic E-state index is 0.167. The van der Waals surface area contributed by atoms with Gasteiger partial charge in [0.25, 0.3) is 0 Å². The SMILES string of the molecule is CC(C)(C)[C](c1ccc([C](C(C)(C)C)C(C)(C)C)cc1)C(C)(C)C. The molecule has 0 heteroatoms. The first-order valence-corrected chi connectivity index (χ1v) is 9.32. The van der Waals surface area contributed by atoms with Crippen molar-refractivity contribution in [3.05, 3.63) is 47.2 Å². The standard InChI is InChI=1S/C24H40/c1-21(2,3)19(22(4,5)6)17-13-15-18(16-14-17)20(23(7,8)9)24(10,11)12/h13-16H,1-12H3. The maximum absolute atomic E-state index is 2.33. The molecule has 2 radical (unpaired) electrons. The molecule has 1 rings (SSSR count). The molecule has 1 aromatic rings. The Morgan fingerprint density at radius 2 is 0.583 bits per heavy atom. The molecule has 0 bridgehead atoms. The normalized spacial score (nSPS) is 14.6. The van der Waals surface area contributed by atoms with E-state index < -0.39 is 0 Å². The molecule has 0 N–H and O–H groups in total. The van der Waals surface area contributed by atoms with Crippen LogP contribution in [0.15, 0.2) is 24.3 Å². The minimum Gasteiger partial charge on any atom is -0.0593 e. The van der Waals surface area contributed by atoms with Crippen molar-refractivity contribution in [2.75, 3.05) is 0 Å².